The quantitative estimate of drug-likeness (QED) is 0.609. The highest BCUT2D eigenvalue weighted by Crippen LogP contribution is 2.14. The monoisotopic (exact) mass is 314 g/mol. The molecule has 10 nitrogen and oxygen atoms in total. The van der Waals surface area contributed by atoms with E-state index < -0.39 is 12.5 Å². The van der Waals surface area contributed by atoms with Crippen LogP contribution in [0.3, 0.4) is 0 Å². The number of nitrogens with zero attached hydrogens (tertiary/aromatic N) is 6. The maximum Gasteiger partial charge on any atom is 0.250 e. The number of hydrogen-bond donors (Lipinski definition) is 3. The Morgan fingerprint density at radius 2 is 2.09 bits per heavy atom. The van der Waals surface area contributed by atoms with E-state index in [1.54, 1.807) is 35.5 Å². The Balaban J connectivity index is 1.78. The minimum absolute atomic E-state index is 0.395. The number of amides is 1. The van der Waals surface area contributed by atoms with Gasteiger partial charge in [0.25, 0.3) is 0 Å². The van der Waals surface area contributed by atoms with E-state index >= 15 is 0 Å². The first-order valence-electron chi connectivity index (χ1n) is 6.68. The second kappa shape index (κ2) is 6.23. The number of carbonyl (C=O) groups excluding carboxylic acids is 1. The fourth-order valence-electron chi connectivity index (χ4n) is 1.87. The van der Waals surface area contributed by atoms with Crippen molar-refractivity contribution >= 4 is 23.2 Å². The summed E-state index contributed by atoms with van der Waals surface area (Å²) in [6, 6.07) is 1.68. The number of aliphatic hydroxyl groups excluding tert-OH is 1. The molecular formula is C13H14N8O2. The molecular weight excluding hydrogens is 300 g/mol. The van der Waals surface area contributed by atoms with Crippen LogP contribution in [0.25, 0.3) is 5.82 Å². The summed E-state index contributed by atoms with van der Waals surface area (Å²) in [6.45, 7) is -0.585. The predicted octanol–water partition coefficient (Wildman–Crippen LogP) is 0.0702. The summed E-state index contributed by atoms with van der Waals surface area (Å²) in [6.07, 6.45) is 8.10. The molecule has 0 bridgehead atoms. The van der Waals surface area contributed by atoms with Crippen molar-refractivity contribution in [2.24, 2.45) is 7.05 Å². The molecule has 3 N–H and O–H groups in total. The van der Waals surface area contributed by atoms with Crippen LogP contribution in [0.4, 0.5) is 17.3 Å². The average molecular weight is 314 g/mol. The highest BCUT2D eigenvalue weighted by atomic mass is 16.3. The zero-order valence-corrected chi connectivity index (χ0v) is 12.2. The van der Waals surface area contributed by atoms with Crippen LogP contribution < -0.4 is 10.6 Å². The van der Waals surface area contributed by atoms with E-state index in [9.17, 15) is 4.79 Å². The number of carbonyl (C=O) groups is 1. The summed E-state index contributed by atoms with van der Waals surface area (Å²) < 4.78 is 3.15. The summed E-state index contributed by atoms with van der Waals surface area (Å²) in [5.41, 5.74) is 1.23. The van der Waals surface area contributed by atoms with Gasteiger partial charge < -0.3 is 15.7 Å². The van der Waals surface area contributed by atoms with Gasteiger partial charge in [0.05, 0.1) is 30.0 Å². The van der Waals surface area contributed by atoms with Gasteiger partial charge in [-0.2, -0.15) is 15.2 Å². The summed E-state index contributed by atoms with van der Waals surface area (Å²) >= 11 is 0. The molecule has 0 spiro atoms. The minimum atomic E-state index is -0.585. The van der Waals surface area contributed by atoms with Crippen LogP contribution in [0.1, 0.15) is 0 Å². The number of aliphatic hydroxyl groups is 1. The highest BCUT2D eigenvalue weighted by molar-refractivity contribution is 5.91. The third-order valence-electron chi connectivity index (χ3n) is 2.85. The second-order valence-corrected chi connectivity index (χ2v) is 4.65. The van der Waals surface area contributed by atoms with E-state index in [-0.39, 0.29) is 0 Å². The Morgan fingerprint density at radius 1 is 1.26 bits per heavy atom. The van der Waals surface area contributed by atoms with Gasteiger partial charge in [0.15, 0.2) is 5.82 Å². The lowest BCUT2D eigenvalue weighted by Crippen LogP contribution is -2.14. The van der Waals surface area contributed by atoms with Gasteiger partial charge in [0.2, 0.25) is 11.9 Å². The minimum Gasteiger partial charge on any atom is -0.387 e. The lowest BCUT2D eigenvalue weighted by Gasteiger charge is -2.04. The molecule has 3 aromatic heterocycles. The SMILES string of the molecule is Cn1cc(Nc2nccc(-n3cc(NC(=O)CO)cn3)n2)cn1. The van der Waals surface area contributed by atoms with Gasteiger partial charge in [0.1, 0.15) is 6.61 Å². The van der Waals surface area contributed by atoms with E-state index in [1.807, 2.05) is 7.05 Å². The maximum absolute atomic E-state index is 11.1. The van der Waals surface area contributed by atoms with Gasteiger partial charge in [-0.25, -0.2) is 9.67 Å². The van der Waals surface area contributed by atoms with Gasteiger partial charge in [-0.15, -0.1) is 0 Å². The molecule has 0 aliphatic carbocycles. The van der Waals surface area contributed by atoms with Gasteiger partial charge in [-0.05, 0) is 0 Å². The third kappa shape index (κ3) is 3.49. The molecule has 23 heavy (non-hydrogen) atoms. The molecule has 0 aromatic carbocycles. The Labute approximate surface area is 130 Å². The van der Waals surface area contributed by atoms with Crippen LogP contribution in [0.2, 0.25) is 0 Å². The molecule has 3 heterocycles. The fourth-order valence-corrected chi connectivity index (χ4v) is 1.87. The fraction of sp³-hybridized carbons (Fsp3) is 0.154. The van der Waals surface area contributed by atoms with E-state index in [0.717, 1.165) is 5.69 Å². The number of hydrogen-bond acceptors (Lipinski definition) is 7. The highest BCUT2D eigenvalue weighted by Gasteiger charge is 2.07. The molecule has 0 radical (unpaired) electrons. The Kier molecular flexibility index (Phi) is 3.97. The molecule has 0 aliphatic rings. The maximum atomic E-state index is 11.1. The van der Waals surface area contributed by atoms with Crippen LogP contribution >= 0.6 is 0 Å². The molecule has 10 heteroatoms. The molecule has 0 saturated carbocycles. The second-order valence-electron chi connectivity index (χ2n) is 4.65. The van der Waals surface area contributed by atoms with E-state index in [4.69, 9.17) is 5.11 Å². The summed E-state index contributed by atoms with van der Waals surface area (Å²) in [5.74, 6) is 0.411. The molecule has 3 rings (SSSR count). The van der Waals surface area contributed by atoms with Gasteiger partial charge in [0, 0.05) is 25.5 Å². The number of aromatic nitrogens is 6. The first-order valence-corrected chi connectivity index (χ1v) is 6.68. The van der Waals surface area contributed by atoms with Gasteiger partial charge in [-0.3, -0.25) is 9.48 Å². The number of aryl methyl sites for hydroxylation is 1. The molecule has 0 unspecified atom stereocenters. The summed E-state index contributed by atoms with van der Waals surface area (Å²) in [4.78, 5) is 19.6. The normalized spacial score (nSPS) is 10.5. The lowest BCUT2D eigenvalue weighted by molar-refractivity contribution is -0.118. The van der Waals surface area contributed by atoms with Crippen molar-refractivity contribution in [1.29, 1.82) is 0 Å². The standard InChI is InChI=1S/C13H14N8O2/c1-20-6-9(4-15-20)18-13-14-3-2-11(19-13)21-7-10(5-16-21)17-12(23)8-22/h2-7,22H,8H2,1H3,(H,17,23)(H,14,18,19). The van der Waals surface area contributed by atoms with Crippen LogP contribution in [-0.2, 0) is 11.8 Å². The zero-order chi connectivity index (χ0) is 16.2. The van der Waals surface area contributed by atoms with Crippen LogP contribution in [-0.4, -0.2) is 47.1 Å². The van der Waals surface area contributed by atoms with Crippen molar-refractivity contribution in [2.75, 3.05) is 17.2 Å². The third-order valence-corrected chi connectivity index (χ3v) is 2.85. The summed E-state index contributed by atoms with van der Waals surface area (Å²) in [5, 5.41) is 22.4. The van der Waals surface area contributed by atoms with Crippen molar-refractivity contribution in [3.8, 4) is 5.82 Å². The van der Waals surface area contributed by atoms with Crippen molar-refractivity contribution in [3.63, 3.8) is 0 Å². The smallest absolute Gasteiger partial charge is 0.250 e. The van der Waals surface area contributed by atoms with Crippen molar-refractivity contribution in [2.45, 2.75) is 0 Å². The van der Waals surface area contributed by atoms with E-state index in [1.165, 1.54) is 10.9 Å². The molecule has 3 aromatic rings. The average Bonchev–Trinajstić information content (AvgIpc) is 3.17. The Bertz CT molecular complexity index is 825. The van der Waals surface area contributed by atoms with Crippen molar-refractivity contribution in [1.82, 2.24) is 29.5 Å². The molecule has 0 saturated heterocycles. The lowest BCUT2D eigenvalue weighted by atomic mass is 10.5. The van der Waals surface area contributed by atoms with E-state index in [0.29, 0.717) is 17.5 Å². The first kappa shape index (κ1) is 14.7. The number of nitrogens with one attached hydrogen (secondary N) is 2. The predicted molar refractivity (Wildman–Crippen MR) is 81.4 cm³/mol. The van der Waals surface area contributed by atoms with Crippen LogP contribution in [0, 0.1) is 0 Å². The van der Waals surface area contributed by atoms with Crippen molar-refractivity contribution < 1.29 is 9.90 Å². The molecule has 0 fully saturated rings. The Hall–Kier alpha value is -3.27. The first-order chi connectivity index (χ1) is 11.1. The summed E-state index contributed by atoms with van der Waals surface area (Å²) in [7, 11) is 1.81. The van der Waals surface area contributed by atoms with Crippen molar-refractivity contribution in [3.05, 3.63) is 37.1 Å². The molecule has 1 amide bonds. The van der Waals surface area contributed by atoms with E-state index in [2.05, 4.69) is 30.8 Å². The van der Waals surface area contributed by atoms with Crippen LogP contribution in [0.15, 0.2) is 37.1 Å². The number of anilines is 3. The molecule has 0 aliphatic heterocycles. The molecule has 118 valence electrons. The number of rotatable bonds is 5. The van der Waals surface area contributed by atoms with Crippen LogP contribution in [0.5, 0.6) is 0 Å². The Morgan fingerprint density at radius 3 is 2.83 bits per heavy atom. The topological polar surface area (TPSA) is 123 Å². The largest absolute Gasteiger partial charge is 0.387 e. The van der Waals surface area contributed by atoms with Gasteiger partial charge in [-0.1, -0.05) is 0 Å². The molecule has 0 atom stereocenters. The van der Waals surface area contributed by atoms with Gasteiger partial charge >= 0.3 is 0 Å². The zero-order valence-electron chi connectivity index (χ0n) is 12.2.